The lowest BCUT2D eigenvalue weighted by Gasteiger charge is -2.57. The van der Waals surface area contributed by atoms with Gasteiger partial charge in [-0.1, -0.05) is 73.8 Å². The molecule has 10 aliphatic rings. The minimum Gasteiger partial charge on any atom is -0.462 e. The number of ether oxygens (including phenoxy) is 2. The van der Waals surface area contributed by atoms with Crippen molar-refractivity contribution in [3.8, 4) is 0 Å². The van der Waals surface area contributed by atoms with E-state index in [1.165, 1.54) is 38.5 Å². The van der Waals surface area contributed by atoms with Crippen LogP contribution >= 0.6 is 43.1 Å². The van der Waals surface area contributed by atoms with Gasteiger partial charge < -0.3 is 18.5 Å². The van der Waals surface area contributed by atoms with E-state index >= 15 is 0 Å². The SMILES string of the molecule is CC(=O)O[C@H]1CC[C@@]2(C)C(=CC[C@@H]3[C@@H]2CC[C@]2(C)C4=C(C)OP(=S)(SP5(=S)OC(C)=C6[C@@H](C[C@H]7[C@@H]8CC=C9C[C@@H](OC(C)=O)CC[C@]9(C)[C@H]8CC[C@]67C)S5)S[C@@H]4C[C@@H]32)C1. The third-order valence-corrected chi connectivity index (χ3v) is 41.1. The Kier molecular flexibility index (Phi) is 10.6. The number of carbonyl (C=O) groups is 2. The Morgan fingerprint density at radius 1 is 0.661 bits per heavy atom. The Balaban J connectivity index is 0.851. The highest BCUT2D eigenvalue weighted by molar-refractivity contribution is 9.23. The van der Waals surface area contributed by atoms with Crippen molar-refractivity contribution in [2.45, 2.75) is 168 Å². The maximum Gasteiger partial charge on any atom is 0.302 e. The summed E-state index contributed by atoms with van der Waals surface area (Å²) in [5, 5.41) is 0.773. The van der Waals surface area contributed by atoms with Crippen LogP contribution in [0.3, 0.4) is 0 Å². The Hall–Kier alpha value is -0.150. The third-order valence-electron chi connectivity index (χ3n) is 18.3. The Morgan fingerprint density at radius 2 is 1.05 bits per heavy atom. The second-order valence-corrected chi connectivity index (χ2v) is 41.7. The molecule has 0 saturated heterocycles. The van der Waals surface area contributed by atoms with Gasteiger partial charge in [0.15, 0.2) is 0 Å². The zero-order valence-electron chi connectivity index (χ0n) is 36.2. The molecule has 2 aliphatic heterocycles. The van der Waals surface area contributed by atoms with Crippen LogP contribution in [0.25, 0.3) is 0 Å². The first kappa shape index (κ1) is 42.8. The predicted octanol–water partition coefficient (Wildman–Crippen LogP) is 14.0. The van der Waals surface area contributed by atoms with Crippen LogP contribution in [0.4, 0.5) is 0 Å². The number of carbonyl (C=O) groups excluding carboxylic acids is 2. The second-order valence-electron chi connectivity index (χ2n) is 21.1. The minimum atomic E-state index is -2.43. The molecule has 0 amide bonds. The van der Waals surface area contributed by atoms with Crippen molar-refractivity contribution < 1.29 is 28.1 Å². The molecule has 6 nitrogen and oxygen atoms in total. The van der Waals surface area contributed by atoms with E-state index in [2.05, 4.69) is 53.7 Å². The molecule has 0 bridgehead atoms. The second kappa shape index (κ2) is 14.7. The summed E-state index contributed by atoms with van der Waals surface area (Å²) in [7, 11) is 0. The van der Waals surface area contributed by atoms with Crippen LogP contribution in [0.1, 0.15) is 145 Å². The molecule has 8 aliphatic carbocycles. The van der Waals surface area contributed by atoms with Gasteiger partial charge in [-0.3, -0.25) is 9.59 Å². The molecule has 13 heteroatoms. The fraction of sp³-hybridized carbons (Fsp3) is 0.783. The van der Waals surface area contributed by atoms with Crippen molar-refractivity contribution in [2.75, 3.05) is 0 Å². The van der Waals surface area contributed by atoms with Crippen LogP contribution in [0.2, 0.25) is 0 Å². The lowest BCUT2D eigenvalue weighted by Crippen LogP contribution is -2.49. The van der Waals surface area contributed by atoms with Crippen LogP contribution < -0.4 is 0 Å². The number of hydrogen-bond donors (Lipinski definition) is 0. The molecule has 10 rings (SSSR count). The molecular formula is C46H64O6P2S5. The molecule has 0 aromatic rings. The highest BCUT2D eigenvalue weighted by Crippen LogP contribution is 2.93. The Bertz CT molecular complexity index is 1950. The number of esters is 2. The van der Waals surface area contributed by atoms with Gasteiger partial charge in [0.1, 0.15) is 23.7 Å². The quantitative estimate of drug-likeness (QED) is 0.154. The number of rotatable bonds is 4. The van der Waals surface area contributed by atoms with Gasteiger partial charge >= 0.3 is 11.9 Å². The van der Waals surface area contributed by atoms with Gasteiger partial charge in [-0.15, -0.1) is 0 Å². The van der Waals surface area contributed by atoms with Crippen molar-refractivity contribution in [1.82, 2.24) is 0 Å². The van der Waals surface area contributed by atoms with E-state index < -0.39 is 9.34 Å². The normalized spacial score (nSPS) is 50.7. The zero-order valence-corrected chi connectivity index (χ0v) is 42.1. The van der Waals surface area contributed by atoms with E-state index in [1.807, 2.05) is 22.8 Å². The van der Waals surface area contributed by atoms with E-state index in [1.54, 1.807) is 47.1 Å². The van der Waals surface area contributed by atoms with Crippen LogP contribution in [-0.2, 0) is 51.7 Å². The van der Waals surface area contributed by atoms with Crippen LogP contribution in [-0.4, -0.2) is 34.6 Å². The highest BCUT2D eigenvalue weighted by Gasteiger charge is 2.64. The summed E-state index contributed by atoms with van der Waals surface area (Å²) in [6.45, 7) is 17.7. The molecule has 0 N–H and O–H groups in total. The number of allylic oxidation sites excluding steroid dienone is 4. The van der Waals surface area contributed by atoms with Crippen LogP contribution in [0.5, 0.6) is 0 Å². The Morgan fingerprint density at radius 3 is 1.44 bits per heavy atom. The predicted molar refractivity (Wildman–Crippen MR) is 252 cm³/mol. The highest BCUT2D eigenvalue weighted by atomic mass is 33.5. The standard InChI is InChI=1S/C46H64O6P2S5/c1-25-41-39(23-37-33-11-9-29-21-31(49-27(3)47)13-17-43(29,5)35(33)15-19-45(37,41)7)57-53(55,51-25)59-54(56)52-26(2)42-40(58-54)24-38-34-12-10-30-22-32(50-28(4)48)14-18-44(30,6)36(34)16-20-46(38,42)8/h9-10,31-40H,11-24H2,1-8H3/t31-,32-,33+,34+,35-,36-,37-,38-,39+,40+,43-,44-,45-,46-,53?,54?/m0/s1. The van der Waals surface area contributed by atoms with Crippen molar-refractivity contribution >= 4 is 78.7 Å². The molecule has 59 heavy (non-hydrogen) atoms. The van der Waals surface area contributed by atoms with Gasteiger partial charge in [-0.05, 0) is 183 Å². The molecule has 324 valence electrons. The monoisotopic (exact) mass is 934 g/mol. The van der Waals surface area contributed by atoms with E-state index in [0.717, 1.165) is 62.9 Å². The average molecular weight is 935 g/mol. The first-order valence-electron chi connectivity index (χ1n) is 22.6. The first-order chi connectivity index (χ1) is 27.8. The molecule has 6 saturated carbocycles. The molecule has 2 heterocycles. The summed E-state index contributed by atoms with van der Waals surface area (Å²) in [6, 6.07) is 0. The molecule has 0 spiro atoms. The van der Waals surface area contributed by atoms with E-state index in [9.17, 15) is 9.59 Å². The van der Waals surface area contributed by atoms with E-state index in [0.29, 0.717) is 46.0 Å². The summed E-state index contributed by atoms with van der Waals surface area (Å²) in [5.41, 5.74) is 6.83. The van der Waals surface area contributed by atoms with E-state index in [4.69, 9.17) is 42.1 Å². The van der Waals surface area contributed by atoms with Crippen molar-refractivity contribution in [3.05, 3.63) is 46.0 Å². The summed E-state index contributed by atoms with van der Waals surface area (Å²) in [5.74, 6) is 5.76. The fourth-order valence-electron chi connectivity index (χ4n) is 16.0. The van der Waals surface area contributed by atoms with Gasteiger partial charge in [0.05, 0.1) is 0 Å². The molecule has 0 aromatic carbocycles. The summed E-state index contributed by atoms with van der Waals surface area (Å²) in [6.07, 6.45) is 20.7. The average Bonchev–Trinajstić information content (AvgIpc) is 3.61. The number of hydrogen-bond acceptors (Lipinski definition) is 11. The lowest BCUT2D eigenvalue weighted by atomic mass is 9.48. The lowest BCUT2D eigenvalue weighted by molar-refractivity contribution is -0.149. The van der Waals surface area contributed by atoms with Crippen LogP contribution in [0.15, 0.2) is 46.0 Å². The first-order valence-corrected chi connectivity index (χ1v) is 33.0. The fourth-order valence-corrected chi connectivity index (χ4v) is 50.1. The molecule has 6 fully saturated rings. The molecular weight excluding hydrogens is 871 g/mol. The molecule has 0 radical (unpaired) electrons. The third kappa shape index (κ3) is 6.72. The summed E-state index contributed by atoms with van der Waals surface area (Å²) < 4.78 is 20.7. The van der Waals surface area contributed by atoms with Gasteiger partial charge in [0.25, 0.3) is 0 Å². The van der Waals surface area contributed by atoms with Crippen molar-refractivity contribution in [1.29, 1.82) is 0 Å². The van der Waals surface area contributed by atoms with Gasteiger partial charge in [0.2, 0.25) is 9.34 Å². The Labute approximate surface area is 375 Å². The summed E-state index contributed by atoms with van der Waals surface area (Å²) in [4.78, 5) is 23.6. The minimum absolute atomic E-state index is 0.0313. The van der Waals surface area contributed by atoms with Gasteiger partial charge in [0, 0.05) is 48.2 Å². The summed E-state index contributed by atoms with van der Waals surface area (Å²) >= 11 is 19.0. The maximum absolute atomic E-state index is 11.8. The number of fused-ring (bicyclic) bond motifs is 14. The zero-order chi connectivity index (χ0) is 41.7. The smallest absolute Gasteiger partial charge is 0.302 e. The molecule has 16 atom stereocenters. The van der Waals surface area contributed by atoms with Gasteiger partial charge in [-0.2, -0.15) is 0 Å². The van der Waals surface area contributed by atoms with Gasteiger partial charge in [-0.25, -0.2) is 0 Å². The largest absolute Gasteiger partial charge is 0.462 e. The maximum atomic E-state index is 11.8. The van der Waals surface area contributed by atoms with Crippen LogP contribution in [0, 0.1) is 57.2 Å². The van der Waals surface area contributed by atoms with Crippen molar-refractivity contribution in [3.63, 3.8) is 0 Å². The topological polar surface area (TPSA) is 71.1 Å². The van der Waals surface area contributed by atoms with E-state index in [-0.39, 0.29) is 45.8 Å². The van der Waals surface area contributed by atoms with Crippen molar-refractivity contribution in [2.24, 2.45) is 57.2 Å². The molecule has 2 unspecified atom stereocenters. The molecule has 0 aromatic heterocycles.